The van der Waals surface area contributed by atoms with Crippen LogP contribution in [0.25, 0.3) is 0 Å². The molecule has 0 aromatic heterocycles. The molecule has 2 nitrogen and oxygen atoms in total. The Morgan fingerprint density at radius 1 is 0.947 bits per heavy atom. The molecule has 112 valence electrons. The maximum absolute atomic E-state index is 5.49. The van der Waals surface area contributed by atoms with Crippen molar-refractivity contribution in [3.05, 3.63) is 12.2 Å². The highest BCUT2D eigenvalue weighted by Crippen LogP contribution is 2.20. The molecule has 0 saturated carbocycles. The van der Waals surface area contributed by atoms with Crippen LogP contribution in [-0.2, 0) is 4.74 Å². The third-order valence-electron chi connectivity index (χ3n) is 4.01. The van der Waals surface area contributed by atoms with Gasteiger partial charge in [0.05, 0.1) is 26.2 Å². The van der Waals surface area contributed by atoms with E-state index in [1.54, 1.807) is 0 Å². The van der Waals surface area contributed by atoms with Crippen LogP contribution in [0, 0.1) is 0 Å². The first kappa shape index (κ1) is 16.7. The highest BCUT2D eigenvalue weighted by molar-refractivity contribution is 4.81. The minimum atomic E-state index is 0.564. The Kier molecular flexibility index (Phi) is 8.40. The molecule has 1 unspecified atom stereocenters. The smallest absolute Gasteiger partial charge is 0.130 e. The van der Waals surface area contributed by atoms with Crippen molar-refractivity contribution in [1.82, 2.24) is 0 Å². The van der Waals surface area contributed by atoms with Crippen LogP contribution in [0.4, 0.5) is 0 Å². The predicted molar refractivity (Wildman–Crippen MR) is 83.3 cm³/mol. The fourth-order valence-electron chi connectivity index (χ4n) is 3.11. The second-order valence-electron chi connectivity index (χ2n) is 6.05. The molecule has 0 aromatic carbocycles. The molecule has 0 amide bonds. The van der Waals surface area contributed by atoms with E-state index in [1.807, 2.05) is 0 Å². The van der Waals surface area contributed by atoms with Gasteiger partial charge in [-0.25, -0.2) is 0 Å². The SMILES string of the molecule is CCC/C=C/CCC[N+](CCC)(CCC)CC1CO1. The van der Waals surface area contributed by atoms with Crippen molar-refractivity contribution in [2.24, 2.45) is 0 Å². The van der Waals surface area contributed by atoms with Crippen LogP contribution < -0.4 is 0 Å². The fourth-order valence-corrected chi connectivity index (χ4v) is 3.11. The minimum Gasteiger partial charge on any atom is -0.367 e. The normalized spacial score (nSPS) is 19.2. The van der Waals surface area contributed by atoms with Crippen LogP contribution in [0.15, 0.2) is 12.2 Å². The number of quaternary nitrogens is 1. The Morgan fingerprint density at radius 3 is 2.11 bits per heavy atom. The van der Waals surface area contributed by atoms with Gasteiger partial charge in [-0.1, -0.05) is 39.3 Å². The molecule has 1 atom stereocenters. The van der Waals surface area contributed by atoms with E-state index in [-0.39, 0.29) is 0 Å². The average molecular weight is 268 g/mol. The summed E-state index contributed by atoms with van der Waals surface area (Å²) in [6, 6.07) is 0. The molecule has 2 heteroatoms. The van der Waals surface area contributed by atoms with Gasteiger partial charge in [-0.15, -0.1) is 0 Å². The number of nitrogens with zero attached hydrogens (tertiary/aromatic N) is 1. The second-order valence-corrected chi connectivity index (χ2v) is 6.05. The van der Waals surface area contributed by atoms with Crippen LogP contribution in [0.3, 0.4) is 0 Å². The number of unbranched alkanes of at least 4 members (excludes halogenated alkanes) is 2. The van der Waals surface area contributed by atoms with E-state index in [0.29, 0.717) is 6.10 Å². The third kappa shape index (κ3) is 7.12. The van der Waals surface area contributed by atoms with Crippen LogP contribution in [-0.4, -0.2) is 43.4 Å². The maximum Gasteiger partial charge on any atom is 0.130 e. The van der Waals surface area contributed by atoms with E-state index in [1.165, 1.54) is 69.2 Å². The van der Waals surface area contributed by atoms with Gasteiger partial charge in [0, 0.05) is 6.42 Å². The molecule has 19 heavy (non-hydrogen) atoms. The van der Waals surface area contributed by atoms with Gasteiger partial charge in [-0.2, -0.15) is 0 Å². The zero-order chi connectivity index (χ0) is 14.0. The Labute approximate surface area is 120 Å². The molecular weight excluding hydrogens is 234 g/mol. The average Bonchev–Trinajstić information content (AvgIpc) is 3.18. The summed E-state index contributed by atoms with van der Waals surface area (Å²) in [7, 11) is 0. The summed E-state index contributed by atoms with van der Waals surface area (Å²) in [6.45, 7) is 13.1. The van der Waals surface area contributed by atoms with E-state index in [9.17, 15) is 0 Å². The van der Waals surface area contributed by atoms with E-state index in [2.05, 4.69) is 32.9 Å². The van der Waals surface area contributed by atoms with Gasteiger partial charge in [-0.05, 0) is 25.7 Å². The van der Waals surface area contributed by atoms with Crippen molar-refractivity contribution in [1.29, 1.82) is 0 Å². The number of allylic oxidation sites excluding steroid dienone is 2. The van der Waals surface area contributed by atoms with E-state index in [0.717, 1.165) is 6.61 Å². The van der Waals surface area contributed by atoms with Gasteiger partial charge in [-0.3, -0.25) is 0 Å². The van der Waals surface area contributed by atoms with E-state index >= 15 is 0 Å². The molecule has 1 rings (SSSR count). The molecule has 1 fully saturated rings. The molecule has 0 bridgehead atoms. The number of rotatable bonds is 12. The molecule has 1 aliphatic rings. The predicted octanol–water partition coefficient (Wildman–Crippen LogP) is 4.16. The van der Waals surface area contributed by atoms with Crippen molar-refractivity contribution in [2.45, 2.75) is 65.4 Å². The van der Waals surface area contributed by atoms with Gasteiger partial charge in [0.1, 0.15) is 12.6 Å². The fraction of sp³-hybridized carbons (Fsp3) is 0.882. The van der Waals surface area contributed by atoms with Gasteiger partial charge < -0.3 is 9.22 Å². The van der Waals surface area contributed by atoms with Crippen LogP contribution in [0.5, 0.6) is 0 Å². The lowest BCUT2D eigenvalue weighted by atomic mass is 10.1. The van der Waals surface area contributed by atoms with E-state index in [4.69, 9.17) is 4.74 Å². The zero-order valence-electron chi connectivity index (χ0n) is 13.4. The molecule has 0 spiro atoms. The standard InChI is InChI=1S/C17H34NO/c1-4-7-8-9-10-11-14-18(12-5-2,13-6-3)15-17-16-19-17/h8-9,17H,4-7,10-16H2,1-3H3/q+1/b9-8+. The Hall–Kier alpha value is -0.340. The summed E-state index contributed by atoms with van der Waals surface area (Å²) >= 11 is 0. The largest absolute Gasteiger partial charge is 0.367 e. The first-order chi connectivity index (χ1) is 9.26. The molecule has 1 saturated heterocycles. The molecule has 1 heterocycles. The molecule has 0 radical (unpaired) electrons. The quantitative estimate of drug-likeness (QED) is 0.224. The van der Waals surface area contributed by atoms with Crippen LogP contribution in [0.2, 0.25) is 0 Å². The topological polar surface area (TPSA) is 12.5 Å². The summed E-state index contributed by atoms with van der Waals surface area (Å²) in [6.07, 6.45) is 12.9. The molecule has 0 N–H and O–H groups in total. The highest BCUT2D eigenvalue weighted by atomic mass is 16.6. The number of ether oxygens (including phenoxy) is 1. The van der Waals surface area contributed by atoms with Gasteiger partial charge in [0.25, 0.3) is 0 Å². The monoisotopic (exact) mass is 268 g/mol. The van der Waals surface area contributed by atoms with Gasteiger partial charge >= 0.3 is 0 Å². The Morgan fingerprint density at radius 2 is 1.58 bits per heavy atom. The van der Waals surface area contributed by atoms with Gasteiger partial charge in [0.15, 0.2) is 0 Å². The summed E-state index contributed by atoms with van der Waals surface area (Å²) in [5.74, 6) is 0. The third-order valence-corrected chi connectivity index (χ3v) is 4.01. The lowest BCUT2D eigenvalue weighted by Crippen LogP contribution is -2.52. The maximum atomic E-state index is 5.49. The van der Waals surface area contributed by atoms with Crippen LogP contribution in [0.1, 0.15) is 59.3 Å². The van der Waals surface area contributed by atoms with Crippen molar-refractivity contribution in [2.75, 3.05) is 32.8 Å². The van der Waals surface area contributed by atoms with E-state index < -0.39 is 0 Å². The second kappa shape index (κ2) is 9.55. The summed E-state index contributed by atoms with van der Waals surface area (Å²) in [4.78, 5) is 0. The van der Waals surface area contributed by atoms with Crippen molar-refractivity contribution < 1.29 is 9.22 Å². The molecular formula is C17H34NO+. The number of hydrogen-bond donors (Lipinski definition) is 0. The summed E-state index contributed by atoms with van der Waals surface area (Å²) in [5.41, 5.74) is 0. The molecule has 0 aromatic rings. The molecule has 0 aliphatic carbocycles. The highest BCUT2D eigenvalue weighted by Gasteiger charge is 2.35. The zero-order valence-corrected chi connectivity index (χ0v) is 13.4. The number of hydrogen-bond acceptors (Lipinski definition) is 1. The van der Waals surface area contributed by atoms with Crippen LogP contribution >= 0.6 is 0 Å². The Balaban J connectivity index is 2.37. The van der Waals surface area contributed by atoms with Gasteiger partial charge in [0.2, 0.25) is 0 Å². The summed E-state index contributed by atoms with van der Waals surface area (Å²) < 4.78 is 6.78. The van der Waals surface area contributed by atoms with Crippen molar-refractivity contribution in [3.63, 3.8) is 0 Å². The Bertz CT molecular complexity index is 240. The molecule has 1 aliphatic heterocycles. The summed E-state index contributed by atoms with van der Waals surface area (Å²) in [5, 5.41) is 0. The van der Waals surface area contributed by atoms with Crippen molar-refractivity contribution >= 4 is 0 Å². The lowest BCUT2D eigenvalue weighted by Gasteiger charge is -2.38. The first-order valence-electron chi connectivity index (χ1n) is 8.38. The lowest BCUT2D eigenvalue weighted by molar-refractivity contribution is -0.928. The van der Waals surface area contributed by atoms with Crippen molar-refractivity contribution in [3.8, 4) is 0 Å². The number of epoxide rings is 1. The first-order valence-corrected chi connectivity index (χ1v) is 8.38. The minimum absolute atomic E-state index is 0.564.